The largest absolute Gasteiger partial charge is 0.326 e. The van der Waals surface area contributed by atoms with Crippen molar-refractivity contribution >= 4 is 0 Å². The molecule has 25 heavy (non-hydrogen) atoms. The van der Waals surface area contributed by atoms with Crippen LogP contribution in [0.15, 0.2) is 73.1 Å². The molecule has 2 heterocycles. The molecule has 1 aromatic heterocycles. The standard InChI is InChI=1S/C21H24N4/c22-21-16-24(15-20(21)19-9-5-2-6-10-19)12-18-11-23-25(14-18)13-17-7-3-1-4-8-17/h1-11,14,20-21H,12-13,15-16,22H2/t20-,21+/m0/s1. The summed E-state index contributed by atoms with van der Waals surface area (Å²) in [6.45, 7) is 3.66. The fourth-order valence-electron chi connectivity index (χ4n) is 3.70. The predicted molar refractivity (Wildman–Crippen MR) is 100 cm³/mol. The van der Waals surface area contributed by atoms with Crippen LogP contribution in [0.5, 0.6) is 0 Å². The molecule has 1 fully saturated rings. The molecule has 128 valence electrons. The van der Waals surface area contributed by atoms with Crippen LogP contribution in [0.3, 0.4) is 0 Å². The Kier molecular flexibility index (Phi) is 4.63. The highest BCUT2D eigenvalue weighted by Crippen LogP contribution is 2.27. The van der Waals surface area contributed by atoms with E-state index in [1.54, 1.807) is 0 Å². The molecule has 3 aromatic rings. The van der Waals surface area contributed by atoms with Gasteiger partial charge in [0.1, 0.15) is 0 Å². The minimum Gasteiger partial charge on any atom is -0.326 e. The van der Waals surface area contributed by atoms with Crippen LogP contribution in [0.1, 0.15) is 22.6 Å². The van der Waals surface area contributed by atoms with Gasteiger partial charge in [0.25, 0.3) is 0 Å². The number of rotatable bonds is 5. The van der Waals surface area contributed by atoms with Crippen molar-refractivity contribution in [2.45, 2.75) is 25.0 Å². The molecule has 4 rings (SSSR count). The van der Waals surface area contributed by atoms with Gasteiger partial charge in [-0.05, 0) is 11.1 Å². The molecule has 0 saturated carbocycles. The molecule has 1 aliphatic rings. The second kappa shape index (κ2) is 7.21. The first-order valence-corrected chi connectivity index (χ1v) is 8.86. The molecule has 0 amide bonds. The smallest absolute Gasteiger partial charge is 0.0659 e. The van der Waals surface area contributed by atoms with E-state index in [9.17, 15) is 0 Å². The molecular formula is C21H24N4. The maximum Gasteiger partial charge on any atom is 0.0659 e. The zero-order chi connectivity index (χ0) is 17.1. The third-order valence-corrected chi connectivity index (χ3v) is 4.95. The normalized spacial score (nSPS) is 20.8. The van der Waals surface area contributed by atoms with Gasteiger partial charge in [-0.15, -0.1) is 0 Å². The summed E-state index contributed by atoms with van der Waals surface area (Å²) in [6.07, 6.45) is 4.12. The number of benzene rings is 2. The molecule has 1 aliphatic heterocycles. The van der Waals surface area contributed by atoms with Crippen molar-refractivity contribution in [3.05, 3.63) is 89.7 Å². The molecular weight excluding hydrogens is 308 g/mol. The molecule has 1 saturated heterocycles. The zero-order valence-corrected chi connectivity index (χ0v) is 14.3. The van der Waals surface area contributed by atoms with Crippen molar-refractivity contribution in [2.75, 3.05) is 13.1 Å². The van der Waals surface area contributed by atoms with Crippen LogP contribution in [0.25, 0.3) is 0 Å². The summed E-state index contributed by atoms with van der Waals surface area (Å²) in [4.78, 5) is 2.44. The van der Waals surface area contributed by atoms with Crippen LogP contribution in [0.4, 0.5) is 0 Å². The van der Waals surface area contributed by atoms with E-state index in [-0.39, 0.29) is 6.04 Å². The van der Waals surface area contributed by atoms with Crippen molar-refractivity contribution in [3.63, 3.8) is 0 Å². The van der Waals surface area contributed by atoms with E-state index < -0.39 is 0 Å². The number of nitrogens with two attached hydrogens (primary N) is 1. The number of nitrogens with zero attached hydrogens (tertiary/aromatic N) is 3. The third-order valence-electron chi connectivity index (χ3n) is 4.95. The minimum atomic E-state index is 0.196. The lowest BCUT2D eigenvalue weighted by molar-refractivity contribution is 0.323. The van der Waals surface area contributed by atoms with Gasteiger partial charge in [-0.2, -0.15) is 5.10 Å². The molecule has 4 heteroatoms. The maximum absolute atomic E-state index is 6.40. The van der Waals surface area contributed by atoms with Crippen LogP contribution in [0, 0.1) is 0 Å². The molecule has 2 atom stereocenters. The van der Waals surface area contributed by atoms with E-state index in [4.69, 9.17) is 5.73 Å². The fourth-order valence-corrected chi connectivity index (χ4v) is 3.70. The lowest BCUT2D eigenvalue weighted by atomic mass is 9.95. The van der Waals surface area contributed by atoms with Gasteiger partial charge in [0.05, 0.1) is 12.7 Å². The summed E-state index contributed by atoms with van der Waals surface area (Å²) in [5.74, 6) is 0.417. The average Bonchev–Trinajstić information content (AvgIpc) is 3.23. The minimum absolute atomic E-state index is 0.196. The van der Waals surface area contributed by atoms with Gasteiger partial charge in [0, 0.05) is 43.4 Å². The van der Waals surface area contributed by atoms with E-state index in [2.05, 4.69) is 70.8 Å². The molecule has 4 nitrogen and oxygen atoms in total. The molecule has 0 bridgehead atoms. The van der Waals surface area contributed by atoms with E-state index in [1.165, 1.54) is 16.7 Å². The quantitative estimate of drug-likeness (QED) is 0.781. The first kappa shape index (κ1) is 16.1. The van der Waals surface area contributed by atoms with Crippen molar-refractivity contribution in [1.29, 1.82) is 0 Å². The SMILES string of the molecule is N[C@@H]1CN(Cc2cnn(Cc3ccccc3)c2)C[C@H]1c1ccccc1. The Balaban J connectivity index is 1.38. The lowest BCUT2D eigenvalue weighted by Crippen LogP contribution is -2.28. The third kappa shape index (κ3) is 3.81. The Hall–Kier alpha value is -2.43. The van der Waals surface area contributed by atoms with E-state index in [0.29, 0.717) is 5.92 Å². The summed E-state index contributed by atoms with van der Waals surface area (Å²) >= 11 is 0. The lowest BCUT2D eigenvalue weighted by Gasteiger charge is -2.15. The number of aromatic nitrogens is 2. The Morgan fingerprint density at radius 1 is 0.880 bits per heavy atom. The second-order valence-electron chi connectivity index (χ2n) is 6.91. The van der Waals surface area contributed by atoms with E-state index in [1.807, 2.05) is 16.9 Å². The van der Waals surface area contributed by atoms with Gasteiger partial charge in [0.2, 0.25) is 0 Å². The van der Waals surface area contributed by atoms with Gasteiger partial charge < -0.3 is 5.73 Å². The highest BCUT2D eigenvalue weighted by Gasteiger charge is 2.31. The molecule has 0 radical (unpaired) electrons. The Labute approximate surface area is 148 Å². The highest BCUT2D eigenvalue weighted by atomic mass is 15.3. The predicted octanol–water partition coefficient (Wildman–Crippen LogP) is 2.86. The van der Waals surface area contributed by atoms with Gasteiger partial charge >= 0.3 is 0 Å². The monoisotopic (exact) mass is 332 g/mol. The highest BCUT2D eigenvalue weighted by molar-refractivity contribution is 5.24. The Morgan fingerprint density at radius 3 is 2.36 bits per heavy atom. The summed E-state index contributed by atoms with van der Waals surface area (Å²) in [5.41, 5.74) is 10.3. The topological polar surface area (TPSA) is 47.1 Å². The van der Waals surface area contributed by atoms with Gasteiger partial charge in [0.15, 0.2) is 0 Å². The number of likely N-dealkylation sites (tertiary alicyclic amines) is 1. The van der Waals surface area contributed by atoms with E-state index in [0.717, 1.165) is 26.2 Å². The van der Waals surface area contributed by atoms with Crippen molar-refractivity contribution < 1.29 is 0 Å². The van der Waals surface area contributed by atoms with Crippen molar-refractivity contribution in [2.24, 2.45) is 5.73 Å². The van der Waals surface area contributed by atoms with Crippen molar-refractivity contribution in [3.8, 4) is 0 Å². The van der Waals surface area contributed by atoms with Gasteiger partial charge in [-0.25, -0.2) is 0 Å². The molecule has 0 unspecified atom stereocenters. The van der Waals surface area contributed by atoms with Crippen LogP contribution >= 0.6 is 0 Å². The number of hydrogen-bond donors (Lipinski definition) is 1. The first-order chi connectivity index (χ1) is 12.3. The zero-order valence-electron chi connectivity index (χ0n) is 14.3. The van der Waals surface area contributed by atoms with Gasteiger partial charge in [-0.1, -0.05) is 60.7 Å². The molecule has 0 aliphatic carbocycles. The molecule has 0 spiro atoms. The van der Waals surface area contributed by atoms with Crippen LogP contribution in [-0.2, 0) is 13.1 Å². The van der Waals surface area contributed by atoms with E-state index >= 15 is 0 Å². The van der Waals surface area contributed by atoms with Gasteiger partial charge in [-0.3, -0.25) is 9.58 Å². The van der Waals surface area contributed by atoms with Crippen LogP contribution in [0.2, 0.25) is 0 Å². The summed E-state index contributed by atoms with van der Waals surface area (Å²) < 4.78 is 2.01. The van der Waals surface area contributed by atoms with Crippen LogP contribution < -0.4 is 5.73 Å². The molecule has 2 aromatic carbocycles. The first-order valence-electron chi connectivity index (χ1n) is 8.86. The average molecular weight is 332 g/mol. The summed E-state index contributed by atoms with van der Waals surface area (Å²) in [6, 6.07) is 21.2. The summed E-state index contributed by atoms with van der Waals surface area (Å²) in [5, 5.41) is 4.51. The Morgan fingerprint density at radius 2 is 1.60 bits per heavy atom. The summed E-state index contributed by atoms with van der Waals surface area (Å²) in [7, 11) is 0. The van der Waals surface area contributed by atoms with Crippen molar-refractivity contribution in [1.82, 2.24) is 14.7 Å². The molecule has 2 N–H and O–H groups in total. The second-order valence-corrected chi connectivity index (χ2v) is 6.91. The van der Waals surface area contributed by atoms with Crippen LogP contribution in [-0.4, -0.2) is 33.8 Å². The maximum atomic E-state index is 6.40. The number of hydrogen-bond acceptors (Lipinski definition) is 3. The Bertz CT molecular complexity index is 797. The fraction of sp³-hybridized carbons (Fsp3) is 0.286.